The van der Waals surface area contributed by atoms with E-state index < -0.39 is 71.1 Å². The smallest absolute Gasteiger partial charge is 0.493 e. The second kappa shape index (κ2) is 10.2. The lowest BCUT2D eigenvalue weighted by molar-refractivity contribution is -0.274. The maximum atomic E-state index is 13.6. The van der Waals surface area contributed by atoms with Crippen molar-refractivity contribution in [1.29, 1.82) is 0 Å². The van der Waals surface area contributed by atoms with Gasteiger partial charge in [-0.2, -0.15) is 13.2 Å². The molecule has 2 amide bonds. The molecule has 8 nitrogen and oxygen atoms in total. The summed E-state index contributed by atoms with van der Waals surface area (Å²) < 4.78 is 115. The summed E-state index contributed by atoms with van der Waals surface area (Å²) >= 11 is 0. The van der Waals surface area contributed by atoms with E-state index in [4.69, 9.17) is 19.3 Å². The Bertz CT molecular complexity index is 1450. The first-order valence-electron chi connectivity index (χ1n) is 11.4. The van der Waals surface area contributed by atoms with Crippen LogP contribution in [0.3, 0.4) is 0 Å². The molecule has 2 aromatic carbocycles. The molecular weight excluding hydrogens is 512 g/mol. The normalized spacial score (nSPS) is 13.1. The van der Waals surface area contributed by atoms with Crippen LogP contribution >= 0.6 is 0 Å². The number of alkyl halides is 6. The highest BCUT2D eigenvalue weighted by Crippen LogP contribution is 2.41. The predicted octanol–water partition coefficient (Wildman–Crippen LogP) is 5.46. The number of amides is 2. The van der Waals surface area contributed by atoms with E-state index in [1.807, 2.05) is 0 Å². The summed E-state index contributed by atoms with van der Waals surface area (Å²) in [6, 6.07) is 4.51. The molecule has 0 aliphatic rings. The van der Waals surface area contributed by atoms with Crippen molar-refractivity contribution in [3.63, 3.8) is 0 Å². The van der Waals surface area contributed by atoms with E-state index in [1.54, 1.807) is 0 Å². The van der Waals surface area contributed by atoms with Gasteiger partial charge in [0.05, 0.1) is 39.7 Å². The van der Waals surface area contributed by atoms with Gasteiger partial charge in [-0.1, -0.05) is 0 Å². The zero-order valence-electron chi connectivity index (χ0n) is 21.5. The first kappa shape index (κ1) is 22.9. The Morgan fingerprint density at radius 2 is 1.70 bits per heavy atom. The predicted molar refractivity (Wildman–Crippen MR) is 117 cm³/mol. The van der Waals surface area contributed by atoms with Crippen LogP contribution in [0.1, 0.15) is 36.0 Å². The first-order chi connectivity index (χ1) is 18.3. The number of anilines is 1. The summed E-state index contributed by atoms with van der Waals surface area (Å²) in [6.45, 7) is 0.961. The van der Waals surface area contributed by atoms with Crippen LogP contribution in [0.15, 0.2) is 48.8 Å². The zero-order valence-corrected chi connectivity index (χ0v) is 18.5. The summed E-state index contributed by atoms with van der Waals surface area (Å²) in [5, 5.41) is 2.26. The van der Waals surface area contributed by atoms with Crippen molar-refractivity contribution in [2.24, 2.45) is 5.73 Å². The monoisotopic (exact) mass is 532 g/mol. The van der Waals surface area contributed by atoms with Gasteiger partial charge in [-0.25, -0.2) is 0 Å². The summed E-state index contributed by atoms with van der Waals surface area (Å²) in [7, 11) is -3.19. The minimum atomic E-state index is -5.14. The molecule has 37 heavy (non-hydrogen) atoms. The molecule has 0 aliphatic heterocycles. The minimum absolute atomic E-state index is 0.121. The number of hydrogen-bond donors (Lipinski definition) is 2. The molecule has 3 N–H and O–H groups in total. The second-order valence-electron chi connectivity index (χ2n) is 7.25. The number of nitrogens with one attached hydrogen (secondary N) is 1. The van der Waals surface area contributed by atoms with Gasteiger partial charge in [-0.15, -0.1) is 13.2 Å². The topological polar surface area (TPSA) is 113 Å². The third-order valence-electron chi connectivity index (χ3n) is 4.72. The van der Waals surface area contributed by atoms with Gasteiger partial charge in [0.2, 0.25) is 5.91 Å². The highest BCUT2D eigenvalue weighted by Gasteiger charge is 2.35. The molecule has 14 heteroatoms. The number of rotatable bonds is 7. The van der Waals surface area contributed by atoms with Crippen LogP contribution < -0.4 is 25.3 Å². The number of hydrogen-bond acceptors (Lipinski definition) is 6. The van der Waals surface area contributed by atoms with Crippen molar-refractivity contribution in [2.75, 3.05) is 12.4 Å². The summed E-state index contributed by atoms with van der Waals surface area (Å²) in [4.78, 5) is 28.3. The van der Waals surface area contributed by atoms with Crippen LogP contribution in [-0.2, 0) is 6.18 Å². The van der Waals surface area contributed by atoms with E-state index >= 15 is 0 Å². The molecular formula is C23H17F6N3O5. The van der Waals surface area contributed by atoms with E-state index in [2.05, 4.69) is 15.0 Å². The molecule has 3 aromatic rings. The number of carbonyl (C=O) groups is 2. The third kappa shape index (κ3) is 6.59. The fourth-order valence-electron chi connectivity index (χ4n) is 3.17. The number of methoxy groups -OCH3 is 1. The van der Waals surface area contributed by atoms with E-state index in [9.17, 15) is 35.9 Å². The van der Waals surface area contributed by atoms with Crippen molar-refractivity contribution in [2.45, 2.75) is 19.5 Å². The maximum absolute atomic E-state index is 13.6. The van der Waals surface area contributed by atoms with Crippen molar-refractivity contribution >= 4 is 17.5 Å². The van der Waals surface area contributed by atoms with Crippen LogP contribution in [0.25, 0.3) is 0 Å². The summed E-state index contributed by atoms with van der Waals surface area (Å²) in [5.41, 5.74) is 2.41. The number of halogens is 6. The quantitative estimate of drug-likeness (QED) is 0.391. The Hall–Kier alpha value is -4.49. The van der Waals surface area contributed by atoms with Crippen molar-refractivity contribution in [3.05, 3.63) is 71.0 Å². The summed E-state index contributed by atoms with van der Waals surface area (Å²) in [5.74, 6) is -4.88. The van der Waals surface area contributed by atoms with E-state index in [1.165, 1.54) is 0 Å². The van der Waals surface area contributed by atoms with E-state index in [-0.39, 0.29) is 11.3 Å². The lowest BCUT2D eigenvalue weighted by Crippen LogP contribution is -2.19. The van der Waals surface area contributed by atoms with Gasteiger partial charge in [-0.3, -0.25) is 14.6 Å². The molecule has 0 aliphatic carbocycles. The second-order valence-corrected chi connectivity index (χ2v) is 7.25. The Morgan fingerprint density at radius 3 is 2.32 bits per heavy atom. The number of primary amides is 1. The third-order valence-corrected chi connectivity index (χ3v) is 4.72. The number of ether oxygens (including phenoxy) is 3. The number of nitrogens with zero attached hydrogens (tertiary/aromatic N) is 1. The van der Waals surface area contributed by atoms with Crippen LogP contribution in [-0.4, -0.2) is 30.2 Å². The molecule has 0 atom stereocenters. The Morgan fingerprint density at radius 1 is 1.00 bits per heavy atom. The maximum Gasteiger partial charge on any atom is 0.573 e. The van der Waals surface area contributed by atoms with Crippen molar-refractivity contribution < 1.29 is 54.3 Å². The largest absolute Gasteiger partial charge is 0.573 e. The van der Waals surface area contributed by atoms with Crippen LogP contribution in [0.2, 0.25) is 0 Å². The molecule has 0 spiro atoms. The molecule has 0 saturated carbocycles. The number of benzene rings is 2. The van der Waals surface area contributed by atoms with Gasteiger partial charge in [0.1, 0.15) is 11.5 Å². The SMILES string of the molecule is [2H]C([2H])([2H])Oc1cc(OC(F)(F)F)ccc1Oc1ccc(C(F)(F)F)c(C)c1C(=O)Nc1cncc(C(N)=O)c1. The molecule has 1 heterocycles. The van der Waals surface area contributed by atoms with Crippen LogP contribution in [0.5, 0.6) is 23.0 Å². The Labute approximate surface area is 209 Å². The molecule has 0 saturated heterocycles. The van der Waals surface area contributed by atoms with Crippen molar-refractivity contribution in [1.82, 2.24) is 4.98 Å². The fraction of sp³-hybridized carbons (Fsp3) is 0.174. The molecule has 0 unspecified atom stereocenters. The number of carbonyl (C=O) groups excluding carboxylic acids is 2. The number of aromatic nitrogens is 1. The van der Waals surface area contributed by atoms with Gasteiger partial charge in [0.25, 0.3) is 5.91 Å². The van der Waals surface area contributed by atoms with E-state index in [0.717, 1.165) is 43.6 Å². The highest BCUT2D eigenvalue weighted by atomic mass is 19.4. The lowest BCUT2D eigenvalue weighted by Gasteiger charge is -2.19. The Balaban J connectivity index is 2.11. The van der Waals surface area contributed by atoms with Crippen LogP contribution in [0, 0.1) is 6.92 Å². The number of nitrogens with two attached hydrogens (primary N) is 1. The molecule has 1 aromatic heterocycles. The first-order valence-corrected chi connectivity index (χ1v) is 9.88. The van der Waals surface area contributed by atoms with Gasteiger partial charge >= 0.3 is 12.5 Å². The summed E-state index contributed by atoms with van der Waals surface area (Å²) in [6.07, 6.45) is -7.89. The highest BCUT2D eigenvalue weighted by molar-refractivity contribution is 6.08. The zero-order chi connectivity index (χ0) is 30.0. The van der Waals surface area contributed by atoms with Gasteiger partial charge in [0.15, 0.2) is 11.5 Å². The average molecular weight is 532 g/mol. The van der Waals surface area contributed by atoms with Crippen molar-refractivity contribution in [3.8, 4) is 23.0 Å². The lowest BCUT2D eigenvalue weighted by atomic mass is 10.00. The Kier molecular flexibility index (Phi) is 6.35. The van der Waals surface area contributed by atoms with Gasteiger partial charge < -0.3 is 25.3 Å². The standard InChI is InChI=1S/C23H17F6N3O5/c1-11-15(22(24,25)26)4-6-17(19(11)21(34)32-13-7-12(20(30)33)9-31-10-13)36-16-5-3-14(8-18(16)35-2)37-23(27,28)29/h3-10H,1-2H3,(H2,30,33)(H,32,34)/i2D3. The molecule has 0 bridgehead atoms. The van der Waals surface area contributed by atoms with Crippen LogP contribution in [0.4, 0.5) is 32.0 Å². The fourth-order valence-corrected chi connectivity index (χ4v) is 3.17. The average Bonchev–Trinajstić information content (AvgIpc) is 2.78. The van der Waals surface area contributed by atoms with Gasteiger partial charge in [0, 0.05) is 12.3 Å². The minimum Gasteiger partial charge on any atom is -0.493 e. The molecule has 3 rings (SSSR count). The van der Waals surface area contributed by atoms with E-state index in [0.29, 0.717) is 12.1 Å². The molecule has 196 valence electrons. The molecule has 0 radical (unpaired) electrons. The van der Waals surface area contributed by atoms with Gasteiger partial charge in [-0.05, 0) is 42.8 Å². The molecule has 0 fully saturated rings. The number of pyridine rings is 1.